The average molecular weight is 595 g/mol. The maximum atomic E-state index is 13.2. The number of nitrogens with one attached hydrogen (secondary N) is 1. The first-order valence-electron chi connectivity index (χ1n) is 15.6. The van der Waals surface area contributed by atoms with E-state index in [9.17, 15) is 19.2 Å². The molecule has 0 unspecified atom stereocenters. The Kier molecular flexibility index (Phi) is 15.2. The van der Waals surface area contributed by atoms with Crippen LogP contribution < -0.4 is 10.1 Å². The number of carbonyl (C=O) groups excluding carboxylic acids is 4. The second-order valence-corrected chi connectivity index (χ2v) is 11.5. The summed E-state index contributed by atoms with van der Waals surface area (Å²) in [4.78, 5) is 52.8. The number of unbranched alkanes of at least 4 members (excludes halogenated alkanes) is 7. The van der Waals surface area contributed by atoms with Crippen LogP contribution in [0.2, 0.25) is 0 Å². The number of esters is 1. The molecule has 228 valence electrons. The number of piperidine rings is 1. The Hall–Kier alpha value is -3.13. The SMILES string of the molecule is O=C(CCCCCCCCCCS)Oc1ccc(C(=O)C(=O)N2CCCC[C@H]2C(=O)NCCCc2ccccc2)cc1. The number of likely N-dealkylation sites (tertiary alicyclic amines) is 1. The van der Waals surface area contributed by atoms with E-state index in [4.69, 9.17) is 4.74 Å². The van der Waals surface area contributed by atoms with Crippen LogP contribution in [0.1, 0.15) is 99.4 Å². The van der Waals surface area contributed by atoms with Gasteiger partial charge >= 0.3 is 5.97 Å². The molecule has 1 aliphatic rings. The van der Waals surface area contributed by atoms with Gasteiger partial charge in [0.1, 0.15) is 11.8 Å². The molecule has 2 amide bonds. The maximum Gasteiger partial charge on any atom is 0.311 e. The number of thiol groups is 1. The lowest BCUT2D eigenvalue weighted by Gasteiger charge is -2.34. The summed E-state index contributed by atoms with van der Waals surface area (Å²) in [5.74, 6) is -0.554. The molecule has 0 aromatic heterocycles. The van der Waals surface area contributed by atoms with Crippen molar-refractivity contribution in [3.8, 4) is 5.75 Å². The van der Waals surface area contributed by atoms with Gasteiger partial charge in [0.05, 0.1) is 0 Å². The number of hydrogen-bond donors (Lipinski definition) is 2. The summed E-state index contributed by atoms with van der Waals surface area (Å²) >= 11 is 4.23. The molecular weight excluding hydrogens is 548 g/mol. The maximum absolute atomic E-state index is 13.2. The van der Waals surface area contributed by atoms with Crippen molar-refractivity contribution in [1.82, 2.24) is 10.2 Å². The zero-order valence-corrected chi connectivity index (χ0v) is 25.6. The summed E-state index contributed by atoms with van der Waals surface area (Å²) in [6.07, 6.45) is 13.1. The zero-order valence-electron chi connectivity index (χ0n) is 24.7. The summed E-state index contributed by atoms with van der Waals surface area (Å²) in [5, 5.41) is 2.95. The first kappa shape index (κ1) is 33.4. The van der Waals surface area contributed by atoms with E-state index in [-0.39, 0.29) is 17.4 Å². The minimum absolute atomic E-state index is 0.210. The number of ether oxygens (including phenoxy) is 1. The molecule has 0 saturated carbocycles. The smallest absolute Gasteiger partial charge is 0.311 e. The van der Waals surface area contributed by atoms with E-state index in [1.807, 2.05) is 18.2 Å². The molecule has 3 rings (SSSR count). The van der Waals surface area contributed by atoms with Gasteiger partial charge in [-0.1, -0.05) is 68.9 Å². The molecule has 0 radical (unpaired) electrons. The lowest BCUT2D eigenvalue weighted by molar-refractivity contribution is -0.138. The number of rotatable bonds is 18. The minimum atomic E-state index is -0.675. The van der Waals surface area contributed by atoms with Gasteiger partial charge in [0, 0.05) is 25.1 Å². The molecule has 1 fully saturated rings. The molecule has 7 nitrogen and oxygen atoms in total. The van der Waals surface area contributed by atoms with Gasteiger partial charge in [0.25, 0.3) is 5.91 Å². The number of benzene rings is 2. The Bertz CT molecular complexity index is 1120. The lowest BCUT2D eigenvalue weighted by atomic mass is 9.99. The highest BCUT2D eigenvalue weighted by atomic mass is 32.1. The highest BCUT2D eigenvalue weighted by molar-refractivity contribution is 7.80. The van der Waals surface area contributed by atoms with Crippen LogP contribution in [-0.2, 0) is 20.8 Å². The fourth-order valence-electron chi connectivity index (χ4n) is 5.27. The van der Waals surface area contributed by atoms with E-state index in [1.54, 1.807) is 0 Å². The summed E-state index contributed by atoms with van der Waals surface area (Å²) in [6, 6.07) is 15.5. The molecule has 42 heavy (non-hydrogen) atoms. The van der Waals surface area contributed by atoms with Gasteiger partial charge in [-0.25, -0.2) is 0 Å². The van der Waals surface area contributed by atoms with Crippen molar-refractivity contribution in [3.05, 3.63) is 65.7 Å². The summed E-state index contributed by atoms with van der Waals surface area (Å²) in [5.41, 5.74) is 1.42. The molecule has 1 saturated heterocycles. The van der Waals surface area contributed by atoms with Crippen LogP contribution in [0.25, 0.3) is 0 Å². The van der Waals surface area contributed by atoms with Gasteiger partial charge in [-0.3, -0.25) is 19.2 Å². The Morgan fingerprint density at radius 3 is 2.17 bits per heavy atom. The molecule has 0 bridgehead atoms. The van der Waals surface area contributed by atoms with Crippen LogP contribution in [0.15, 0.2) is 54.6 Å². The van der Waals surface area contributed by atoms with Gasteiger partial charge in [0.15, 0.2) is 0 Å². The fraction of sp³-hybridized carbons (Fsp3) is 0.529. The molecule has 2 aromatic rings. The first-order valence-corrected chi connectivity index (χ1v) is 16.2. The summed E-state index contributed by atoms with van der Waals surface area (Å²) < 4.78 is 5.42. The molecule has 1 heterocycles. The van der Waals surface area contributed by atoms with Crippen LogP contribution in [0, 0.1) is 0 Å². The molecule has 8 heteroatoms. The molecule has 0 aliphatic carbocycles. The number of nitrogens with zero attached hydrogens (tertiary/aromatic N) is 1. The minimum Gasteiger partial charge on any atom is -0.427 e. The van der Waals surface area contributed by atoms with Crippen LogP contribution in [0.3, 0.4) is 0 Å². The number of amides is 2. The molecule has 2 aromatic carbocycles. The van der Waals surface area contributed by atoms with E-state index < -0.39 is 17.7 Å². The molecule has 1 aliphatic heterocycles. The topological polar surface area (TPSA) is 92.8 Å². The highest BCUT2D eigenvalue weighted by Gasteiger charge is 2.35. The average Bonchev–Trinajstić information content (AvgIpc) is 3.02. The Balaban J connectivity index is 1.40. The van der Waals surface area contributed by atoms with Crippen LogP contribution in [0.4, 0.5) is 0 Å². The molecule has 1 atom stereocenters. The van der Waals surface area contributed by atoms with Crippen molar-refractivity contribution in [3.63, 3.8) is 0 Å². The van der Waals surface area contributed by atoms with Gasteiger partial charge in [-0.05, 0) is 80.5 Å². The number of hydrogen-bond acceptors (Lipinski definition) is 6. The Morgan fingerprint density at radius 1 is 0.810 bits per heavy atom. The monoisotopic (exact) mass is 594 g/mol. The molecule has 1 N–H and O–H groups in total. The highest BCUT2D eigenvalue weighted by Crippen LogP contribution is 2.20. The van der Waals surface area contributed by atoms with E-state index in [1.165, 1.54) is 66.8 Å². The quantitative estimate of drug-likeness (QED) is 0.0524. The van der Waals surface area contributed by atoms with Gasteiger partial charge < -0.3 is 15.0 Å². The first-order chi connectivity index (χ1) is 20.5. The third-order valence-electron chi connectivity index (χ3n) is 7.68. The van der Waals surface area contributed by atoms with Crippen LogP contribution in [0.5, 0.6) is 5.75 Å². The third kappa shape index (κ3) is 11.6. The van der Waals surface area contributed by atoms with Gasteiger partial charge in [-0.15, -0.1) is 0 Å². The van der Waals surface area contributed by atoms with Crippen molar-refractivity contribution in [2.75, 3.05) is 18.8 Å². The van der Waals surface area contributed by atoms with Crippen molar-refractivity contribution in [2.45, 2.75) is 95.9 Å². The Labute approximate surface area is 256 Å². The second-order valence-electron chi connectivity index (χ2n) is 11.0. The summed E-state index contributed by atoms with van der Waals surface area (Å²) in [6.45, 7) is 0.885. The normalized spacial score (nSPS) is 14.8. The van der Waals surface area contributed by atoms with Crippen LogP contribution in [-0.4, -0.2) is 53.4 Å². The summed E-state index contributed by atoms with van der Waals surface area (Å²) in [7, 11) is 0. The number of aryl methyl sites for hydroxylation is 1. The molecular formula is C34H46N2O5S. The van der Waals surface area contributed by atoms with E-state index in [0.29, 0.717) is 31.7 Å². The largest absolute Gasteiger partial charge is 0.427 e. The van der Waals surface area contributed by atoms with Gasteiger partial charge in [-0.2, -0.15) is 12.6 Å². The van der Waals surface area contributed by atoms with Gasteiger partial charge in [0.2, 0.25) is 11.7 Å². The van der Waals surface area contributed by atoms with E-state index in [0.717, 1.165) is 50.7 Å². The Morgan fingerprint density at radius 2 is 1.48 bits per heavy atom. The predicted molar refractivity (Wildman–Crippen MR) is 169 cm³/mol. The van der Waals surface area contributed by atoms with Crippen LogP contribution >= 0.6 is 12.6 Å². The second kappa shape index (κ2) is 19.1. The zero-order chi connectivity index (χ0) is 30.0. The van der Waals surface area contributed by atoms with Crippen molar-refractivity contribution in [2.24, 2.45) is 0 Å². The predicted octanol–water partition coefficient (Wildman–Crippen LogP) is 6.35. The standard InChI is InChI=1S/C34H46N2O5S/c37-31(19-10-5-3-1-2-4-6-13-26-42)41-29-22-20-28(21-23-29)32(38)34(40)36-25-12-11-18-30(36)33(39)35-24-14-17-27-15-8-7-9-16-27/h7-9,15-16,20-23,30,42H,1-6,10-14,17-19,24-26H2,(H,35,39)/t30-/m0/s1. The third-order valence-corrected chi connectivity index (χ3v) is 8.00. The fourth-order valence-corrected chi connectivity index (χ4v) is 5.49. The van der Waals surface area contributed by atoms with E-state index >= 15 is 0 Å². The van der Waals surface area contributed by atoms with E-state index in [2.05, 4.69) is 30.1 Å². The number of ketones is 1. The number of Topliss-reactive ketones (excluding diaryl/α,β-unsaturated/α-hetero) is 1. The van der Waals surface area contributed by atoms with Crippen molar-refractivity contribution in [1.29, 1.82) is 0 Å². The van der Waals surface area contributed by atoms with Crippen molar-refractivity contribution >= 4 is 36.2 Å². The number of carbonyl (C=O) groups is 4. The van der Waals surface area contributed by atoms with Crippen molar-refractivity contribution < 1.29 is 23.9 Å². The molecule has 0 spiro atoms. The lowest BCUT2D eigenvalue weighted by Crippen LogP contribution is -2.53.